The lowest BCUT2D eigenvalue weighted by molar-refractivity contribution is -0.134. The number of furan rings is 1. The van der Waals surface area contributed by atoms with Crippen molar-refractivity contribution in [3.63, 3.8) is 0 Å². The highest BCUT2D eigenvalue weighted by atomic mass is 16.5. The molecule has 116 valence electrons. The molecule has 2 amide bonds. The predicted molar refractivity (Wildman–Crippen MR) is 81.7 cm³/mol. The summed E-state index contributed by atoms with van der Waals surface area (Å²) in [7, 11) is 0. The molecule has 22 heavy (non-hydrogen) atoms. The monoisotopic (exact) mass is 301 g/mol. The Labute approximate surface area is 128 Å². The molecule has 2 aromatic rings. The third kappa shape index (κ3) is 2.84. The lowest BCUT2D eigenvalue weighted by atomic mass is 9.90. The molecule has 1 aliphatic rings. The van der Waals surface area contributed by atoms with Crippen molar-refractivity contribution in [1.82, 2.24) is 5.32 Å². The first-order valence-corrected chi connectivity index (χ1v) is 7.37. The Hall–Kier alpha value is -2.30. The van der Waals surface area contributed by atoms with Crippen molar-refractivity contribution >= 4 is 22.8 Å². The van der Waals surface area contributed by atoms with Crippen LogP contribution in [0.3, 0.4) is 0 Å². The van der Waals surface area contributed by atoms with Gasteiger partial charge in [-0.2, -0.15) is 0 Å². The maximum Gasteiger partial charge on any atom is 0.234 e. The number of benzene rings is 1. The summed E-state index contributed by atoms with van der Waals surface area (Å²) in [5.41, 5.74) is 1.21. The molecule has 0 saturated carbocycles. The molecular weight excluding hydrogens is 282 g/mol. The second-order valence-corrected chi connectivity index (χ2v) is 6.57. The largest absolute Gasteiger partial charge is 0.488 e. The molecular formula is C17H19NO4. The van der Waals surface area contributed by atoms with Gasteiger partial charge in [-0.25, -0.2) is 0 Å². The molecule has 2 heterocycles. The van der Waals surface area contributed by atoms with Gasteiger partial charge in [-0.05, 0) is 45.4 Å². The Balaban J connectivity index is 1.98. The quantitative estimate of drug-likeness (QED) is 0.865. The van der Waals surface area contributed by atoms with Crippen LogP contribution in [-0.4, -0.2) is 17.4 Å². The average molecular weight is 301 g/mol. The van der Waals surface area contributed by atoms with Crippen LogP contribution in [0, 0.1) is 0 Å². The third-order valence-electron chi connectivity index (χ3n) is 3.61. The molecule has 1 N–H and O–H groups in total. The molecule has 0 spiro atoms. The Kier molecular flexibility index (Phi) is 3.43. The fourth-order valence-corrected chi connectivity index (χ4v) is 2.71. The maximum atomic E-state index is 12.1. The van der Waals surface area contributed by atoms with Crippen molar-refractivity contribution in [2.75, 3.05) is 0 Å². The van der Waals surface area contributed by atoms with E-state index in [1.807, 2.05) is 39.0 Å². The Morgan fingerprint density at radius 2 is 2.05 bits per heavy atom. The summed E-state index contributed by atoms with van der Waals surface area (Å²) >= 11 is 0. The van der Waals surface area contributed by atoms with Crippen molar-refractivity contribution < 1.29 is 18.7 Å². The first kappa shape index (κ1) is 14.6. The van der Waals surface area contributed by atoms with Crippen molar-refractivity contribution in [3.8, 4) is 5.75 Å². The van der Waals surface area contributed by atoms with Gasteiger partial charge in [-0.3, -0.25) is 14.9 Å². The molecule has 1 aromatic heterocycles. The smallest absolute Gasteiger partial charge is 0.234 e. The van der Waals surface area contributed by atoms with Crippen LogP contribution < -0.4 is 10.1 Å². The Morgan fingerprint density at radius 3 is 2.73 bits per heavy atom. The van der Waals surface area contributed by atoms with Crippen molar-refractivity contribution in [3.05, 3.63) is 30.0 Å². The van der Waals surface area contributed by atoms with E-state index in [4.69, 9.17) is 9.15 Å². The van der Waals surface area contributed by atoms with E-state index < -0.39 is 0 Å². The number of hydrogen-bond donors (Lipinski definition) is 1. The first-order chi connectivity index (χ1) is 10.3. The molecule has 0 bridgehead atoms. The first-order valence-electron chi connectivity index (χ1n) is 7.37. The number of ether oxygens (including phenoxy) is 1. The van der Waals surface area contributed by atoms with Crippen LogP contribution in [0.1, 0.15) is 45.1 Å². The van der Waals surface area contributed by atoms with Crippen LogP contribution in [0.15, 0.2) is 28.9 Å². The summed E-state index contributed by atoms with van der Waals surface area (Å²) in [4.78, 5) is 23.3. The lowest BCUT2D eigenvalue weighted by Crippen LogP contribution is -2.39. The van der Waals surface area contributed by atoms with Gasteiger partial charge in [-0.1, -0.05) is 0 Å². The maximum absolute atomic E-state index is 12.1. The lowest BCUT2D eigenvalue weighted by Gasteiger charge is -2.22. The zero-order chi connectivity index (χ0) is 15.9. The minimum atomic E-state index is -0.358. The number of carbonyl (C=O) groups excluding carboxylic acids is 2. The number of rotatable bonds is 2. The van der Waals surface area contributed by atoms with Crippen LogP contribution in [0.2, 0.25) is 0 Å². The van der Waals surface area contributed by atoms with Crippen molar-refractivity contribution in [2.45, 2.75) is 45.1 Å². The van der Waals surface area contributed by atoms with E-state index >= 15 is 0 Å². The van der Waals surface area contributed by atoms with Gasteiger partial charge in [0, 0.05) is 17.4 Å². The number of amides is 2. The molecule has 1 unspecified atom stereocenters. The fraction of sp³-hybridized carbons (Fsp3) is 0.412. The molecule has 1 aromatic carbocycles. The van der Waals surface area contributed by atoms with E-state index in [9.17, 15) is 9.59 Å². The van der Waals surface area contributed by atoms with E-state index in [2.05, 4.69) is 5.32 Å². The number of hydrogen-bond acceptors (Lipinski definition) is 4. The number of piperidine rings is 1. The standard InChI is InChI=1S/C17H19NO4/c1-17(2,3)22-10-4-6-14-12(8-10)13(9-21-14)11-5-7-15(19)18-16(11)20/h4,6,8-9,11H,5,7H2,1-3H3,(H,18,19,20). The van der Waals surface area contributed by atoms with E-state index in [0.29, 0.717) is 18.4 Å². The summed E-state index contributed by atoms with van der Waals surface area (Å²) < 4.78 is 11.4. The summed E-state index contributed by atoms with van der Waals surface area (Å²) in [6.45, 7) is 5.94. The second-order valence-electron chi connectivity index (χ2n) is 6.57. The average Bonchev–Trinajstić information content (AvgIpc) is 2.80. The molecule has 3 rings (SSSR count). The molecule has 0 aliphatic carbocycles. The number of fused-ring (bicyclic) bond motifs is 1. The third-order valence-corrected chi connectivity index (χ3v) is 3.61. The zero-order valence-corrected chi connectivity index (χ0v) is 12.9. The minimum absolute atomic E-state index is 0.217. The van der Waals surface area contributed by atoms with Crippen LogP contribution in [0.25, 0.3) is 11.0 Å². The van der Waals surface area contributed by atoms with Gasteiger partial charge in [-0.15, -0.1) is 0 Å². The van der Waals surface area contributed by atoms with E-state index in [0.717, 1.165) is 16.7 Å². The van der Waals surface area contributed by atoms with Gasteiger partial charge in [0.05, 0.1) is 12.2 Å². The van der Waals surface area contributed by atoms with Crippen LogP contribution in [0.4, 0.5) is 0 Å². The highest BCUT2D eigenvalue weighted by Gasteiger charge is 2.30. The number of imide groups is 1. The van der Waals surface area contributed by atoms with E-state index in [1.54, 1.807) is 6.26 Å². The van der Waals surface area contributed by atoms with Crippen LogP contribution in [-0.2, 0) is 9.59 Å². The van der Waals surface area contributed by atoms with Crippen molar-refractivity contribution in [2.24, 2.45) is 0 Å². The highest BCUT2D eigenvalue weighted by Crippen LogP contribution is 2.34. The van der Waals surface area contributed by atoms with Gasteiger partial charge in [0.15, 0.2) is 0 Å². The Bertz CT molecular complexity index is 739. The molecule has 1 aliphatic heterocycles. The summed E-state index contributed by atoms with van der Waals surface area (Å²) in [6.07, 6.45) is 2.45. The molecule has 5 heteroatoms. The number of carbonyl (C=O) groups is 2. The Morgan fingerprint density at radius 1 is 1.27 bits per heavy atom. The van der Waals surface area contributed by atoms with Gasteiger partial charge < -0.3 is 9.15 Å². The van der Waals surface area contributed by atoms with Crippen LogP contribution in [0.5, 0.6) is 5.75 Å². The van der Waals surface area contributed by atoms with E-state index in [-0.39, 0.29) is 23.3 Å². The van der Waals surface area contributed by atoms with Gasteiger partial charge in [0.2, 0.25) is 11.8 Å². The summed E-state index contributed by atoms with van der Waals surface area (Å²) in [6, 6.07) is 5.58. The molecule has 0 radical (unpaired) electrons. The van der Waals surface area contributed by atoms with E-state index in [1.165, 1.54) is 0 Å². The molecule has 1 fully saturated rings. The fourth-order valence-electron chi connectivity index (χ4n) is 2.71. The molecule has 1 atom stereocenters. The molecule has 5 nitrogen and oxygen atoms in total. The zero-order valence-electron chi connectivity index (χ0n) is 12.9. The van der Waals surface area contributed by atoms with Crippen molar-refractivity contribution in [1.29, 1.82) is 0 Å². The predicted octanol–water partition coefficient (Wildman–Crippen LogP) is 3.13. The van der Waals surface area contributed by atoms with Gasteiger partial charge in [0.1, 0.15) is 16.9 Å². The second kappa shape index (κ2) is 5.16. The topological polar surface area (TPSA) is 68.5 Å². The van der Waals surface area contributed by atoms with Crippen LogP contribution >= 0.6 is 0 Å². The van der Waals surface area contributed by atoms with Gasteiger partial charge >= 0.3 is 0 Å². The summed E-state index contributed by atoms with van der Waals surface area (Å²) in [5.74, 6) is -0.106. The molecule has 1 saturated heterocycles. The SMILES string of the molecule is CC(C)(C)Oc1ccc2occ(C3CCC(=O)NC3=O)c2c1. The normalized spacial score (nSPS) is 19.3. The summed E-state index contributed by atoms with van der Waals surface area (Å²) in [5, 5.41) is 3.24. The number of nitrogens with one attached hydrogen (secondary N) is 1. The highest BCUT2D eigenvalue weighted by molar-refractivity contribution is 6.02. The minimum Gasteiger partial charge on any atom is -0.488 e. The van der Waals surface area contributed by atoms with Gasteiger partial charge in [0.25, 0.3) is 0 Å².